The van der Waals surface area contributed by atoms with Crippen molar-refractivity contribution >= 4 is 18.4 Å². The predicted octanol–water partition coefficient (Wildman–Crippen LogP) is 3.62. The molecule has 0 unspecified atom stereocenters. The average Bonchev–Trinajstić information content (AvgIpc) is 2.39. The van der Waals surface area contributed by atoms with E-state index in [1.54, 1.807) is 0 Å². The molecule has 0 saturated carbocycles. The quantitative estimate of drug-likeness (QED) is 0.732. The Kier molecular flexibility index (Phi) is 3.42. The van der Waals surface area contributed by atoms with Crippen LogP contribution in [-0.4, -0.2) is 5.78 Å². The van der Waals surface area contributed by atoms with Gasteiger partial charge in [-0.2, -0.15) is 0 Å². The summed E-state index contributed by atoms with van der Waals surface area (Å²) in [6.07, 6.45) is 0. The van der Waals surface area contributed by atoms with Gasteiger partial charge in [0.1, 0.15) is 0 Å². The van der Waals surface area contributed by atoms with E-state index in [1.165, 1.54) is 0 Å². The van der Waals surface area contributed by atoms with Crippen molar-refractivity contribution in [3.63, 3.8) is 0 Å². The molecule has 0 aliphatic heterocycles. The monoisotopic (exact) mass is 227 g/mol. The van der Waals surface area contributed by atoms with E-state index in [-0.39, 0.29) is 5.78 Å². The summed E-state index contributed by atoms with van der Waals surface area (Å²) >= 11 is 5.02. The molecular weight excluding hydrogens is 216 g/mol. The summed E-state index contributed by atoms with van der Waals surface area (Å²) in [5.41, 5.74) is 2.34. The zero-order chi connectivity index (χ0) is 11.4. The number of benzene rings is 2. The lowest BCUT2D eigenvalue weighted by molar-refractivity contribution is 0.103. The van der Waals surface area contributed by atoms with E-state index in [4.69, 9.17) is 12.6 Å². The molecule has 0 amide bonds. The molecule has 2 aromatic carbocycles. The van der Waals surface area contributed by atoms with E-state index in [0.29, 0.717) is 16.9 Å². The summed E-state index contributed by atoms with van der Waals surface area (Å²) in [6.45, 7) is 0. The first kappa shape index (κ1) is 11.0. The Hall–Kier alpha value is -1.54. The summed E-state index contributed by atoms with van der Waals surface area (Å²) < 4.78 is 0. The number of ketones is 1. The summed E-state index contributed by atoms with van der Waals surface area (Å²) in [4.78, 5) is 12.2. The van der Waals surface area contributed by atoms with Crippen LogP contribution in [0.25, 0.3) is 0 Å². The third-order valence-electron chi connectivity index (χ3n) is 2.45. The molecule has 16 heavy (non-hydrogen) atoms. The van der Waals surface area contributed by atoms with Crippen molar-refractivity contribution in [3.8, 4) is 0 Å². The Morgan fingerprint density at radius 1 is 0.938 bits per heavy atom. The minimum Gasteiger partial charge on any atom is -0.289 e. The van der Waals surface area contributed by atoms with Crippen LogP contribution in [-0.2, 0) is 5.75 Å². The fraction of sp³-hybridized carbons (Fsp3) is 0.0714. The number of hydrogen-bond donors (Lipinski definition) is 0. The van der Waals surface area contributed by atoms with Crippen molar-refractivity contribution in [2.24, 2.45) is 0 Å². The highest BCUT2D eigenvalue weighted by atomic mass is 32.1. The van der Waals surface area contributed by atoms with Crippen LogP contribution in [0, 0.1) is 0 Å². The van der Waals surface area contributed by atoms with Crippen molar-refractivity contribution in [2.45, 2.75) is 5.75 Å². The molecule has 0 bridgehead atoms. The van der Waals surface area contributed by atoms with Gasteiger partial charge in [0, 0.05) is 16.9 Å². The molecule has 2 aromatic rings. The predicted molar refractivity (Wildman–Crippen MR) is 67.6 cm³/mol. The van der Waals surface area contributed by atoms with Crippen molar-refractivity contribution in [3.05, 3.63) is 71.3 Å². The van der Waals surface area contributed by atoms with Crippen molar-refractivity contribution in [2.75, 3.05) is 0 Å². The second-order valence-electron chi connectivity index (χ2n) is 3.50. The number of hydrogen-bond acceptors (Lipinski definition) is 1. The fourth-order valence-electron chi connectivity index (χ4n) is 1.61. The van der Waals surface area contributed by atoms with Gasteiger partial charge in [0.05, 0.1) is 0 Å². The van der Waals surface area contributed by atoms with Gasteiger partial charge in [0.15, 0.2) is 5.78 Å². The van der Waals surface area contributed by atoms with Gasteiger partial charge in [-0.25, -0.2) is 0 Å². The van der Waals surface area contributed by atoms with Gasteiger partial charge < -0.3 is 0 Å². The molecule has 1 radical (unpaired) electrons. The molecule has 79 valence electrons. The Morgan fingerprint density at radius 3 is 2.25 bits per heavy atom. The molecular formula is C14H11OS. The van der Waals surface area contributed by atoms with Crippen LogP contribution in [0.2, 0.25) is 0 Å². The molecule has 0 spiro atoms. The first-order valence-corrected chi connectivity index (χ1v) is 5.66. The number of rotatable bonds is 3. The third kappa shape index (κ3) is 2.17. The molecule has 1 nitrogen and oxygen atoms in total. The van der Waals surface area contributed by atoms with Crippen molar-refractivity contribution in [1.82, 2.24) is 0 Å². The maximum Gasteiger partial charge on any atom is 0.193 e. The van der Waals surface area contributed by atoms with E-state index < -0.39 is 0 Å². The van der Waals surface area contributed by atoms with Crippen LogP contribution in [0.4, 0.5) is 0 Å². The van der Waals surface area contributed by atoms with E-state index in [1.807, 2.05) is 54.6 Å². The number of carbonyl (C=O) groups excluding carboxylic acids is 1. The first-order valence-electron chi connectivity index (χ1n) is 5.08. The average molecular weight is 227 g/mol. The van der Waals surface area contributed by atoms with Gasteiger partial charge in [-0.1, -0.05) is 67.2 Å². The minimum absolute atomic E-state index is 0.0426. The summed E-state index contributed by atoms with van der Waals surface area (Å²) in [7, 11) is 0. The lowest BCUT2D eigenvalue weighted by atomic mass is 9.99. The summed E-state index contributed by atoms with van der Waals surface area (Å²) in [6, 6.07) is 16.8. The van der Waals surface area contributed by atoms with Crippen LogP contribution >= 0.6 is 12.6 Å². The molecule has 0 heterocycles. The molecule has 0 N–H and O–H groups in total. The highest BCUT2D eigenvalue weighted by molar-refractivity contribution is 7.79. The summed E-state index contributed by atoms with van der Waals surface area (Å²) in [5, 5.41) is 0. The maximum atomic E-state index is 12.2. The Balaban J connectivity index is 2.42. The first-order chi connectivity index (χ1) is 7.83. The van der Waals surface area contributed by atoms with Crippen molar-refractivity contribution in [1.29, 1.82) is 0 Å². The molecule has 0 aliphatic rings. The standard InChI is InChI=1S/C14H11OS/c15-14(11-6-2-1-3-7-11)13-9-5-4-8-12(13)10-16/h1-9H,10H2. The Morgan fingerprint density at radius 2 is 1.56 bits per heavy atom. The highest BCUT2D eigenvalue weighted by Gasteiger charge is 2.11. The van der Waals surface area contributed by atoms with Gasteiger partial charge in [-0.05, 0) is 5.56 Å². The van der Waals surface area contributed by atoms with E-state index >= 15 is 0 Å². The van der Waals surface area contributed by atoms with Gasteiger partial charge in [0.25, 0.3) is 0 Å². The normalized spacial score (nSPS) is 10.1. The van der Waals surface area contributed by atoms with E-state index in [2.05, 4.69) is 0 Å². The topological polar surface area (TPSA) is 17.1 Å². The lowest BCUT2D eigenvalue weighted by Crippen LogP contribution is -2.04. The van der Waals surface area contributed by atoms with Crippen LogP contribution in [0.1, 0.15) is 21.5 Å². The molecule has 2 heteroatoms. The smallest absolute Gasteiger partial charge is 0.193 e. The van der Waals surface area contributed by atoms with Crippen molar-refractivity contribution < 1.29 is 4.79 Å². The molecule has 0 saturated heterocycles. The fourth-order valence-corrected chi connectivity index (χ4v) is 1.86. The zero-order valence-corrected chi connectivity index (χ0v) is 9.54. The van der Waals surface area contributed by atoms with Gasteiger partial charge in [-0.3, -0.25) is 4.79 Å². The molecule has 0 aromatic heterocycles. The Bertz CT molecular complexity index is 491. The lowest BCUT2D eigenvalue weighted by Gasteiger charge is -2.05. The van der Waals surface area contributed by atoms with Crippen LogP contribution < -0.4 is 0 Å². The highest BCUT2D eigenvalue weighted by Crippen LogP contribution is 2.15. The zero-order valence-electron chi connectivity index (χ0n) is 8.72. The third-order valence-corrected chi connectivity index (χ3v) is 2.76. The van der Waals surface area contributed by atoms with Gasteiger partial charge in [0.2, 0.25) is 0 Å². The number of carbonyl (C=O) groups is 1. The summed E-state index contributed by atoms with van der Waals surface area (Å²) in [5.74, 6) is 0.510. The Labute approximate surface area is 101 Å². The molecule has 0 fully saturated rings. The second-order valence-corrected chi connectivity index (χ2v) is 3.79. The molecule has 2 rings (SSSR count). The van der Waals surface area contributed by atoms with Gasteiger partial charge in [-0.15, -0.1) is 0 Å². The largest absolute Gasteiger partial charge is 0.289 e. The van der Waals surface area contributed by atoms with Crippen LogP contribution in [0.15, 0.2) is 54.6 Å². The van der Waals surface area contributed by atoms with E-state index in [0.717, 1.165) is 5.56 Å². The SMILES string of the molecule is O=C(c1ccccc1)c1ccccc1C[S]. The van der Waals surface area contributed by atoms with Crippen LogP contribution in [0.5, 0.6) is 0 Å². The second kappa shape index (κ2) is 4.99. The molecule has 0 aliphatic carbocycles. The van der Waals surface area contributed by atoms with Gasteiger partial charge >= 0.3 is 0 Å². The van der Waals surface area contributed by atoms with E-state index in [9.17, 15) is 4.79 Å². The van der Waals surface area contributed by atoms with Crippen LogP contribution in [0.3, 0.4) is 0 Å². The maximum absolute atomic E-state index is 12.2. The minimum atomic E-state index is 0.0426. The molecule has 0 atom stereocenters.